The van der Waals surface area contributed by atoms with E-state index in [1.807, 2.05) is 30.3 Å². The topological polar surface area (TPSA) is 36.7 Å². The van der Waals surface area contributed by atoms with E-state index in [1.54, 1.807) is 11.3 Å². The van der Waals surface area contributed by atoms with Crippen molar-refractivity contribution in [2.45, 2.75) is 13.8 Å². The van der Waals surface area contributed by atoms with Gasteiger partial charge in [0.15, 0.2) is 0 Å². The molecule has 3 aromatic rings. The molecule has 1 aromatic heterocycles. The molecule has 0 amide bonds. The van der Waals surface area contributed by atoms with Crippen LogP contribution in [0.15, 0.2) is 42.5 Å². The summed E-state index contributed by atoms with van der Waals surface area (Å²) in [5.41, 5.74) is 5.02. The zero-order valence-corrected chi connectivity index (χ0v) is 12.7. The van der Waals surface area contributed by atoms with Gasteiger partial charge in [0.25, 0.3) is 0 Å². The minimum Gasteiger partial charge on any atom is -0.235 e. The first-order valence-electron chi connectivity index (χ1n) is 6.72. The van der Waals surface area contributed by atoms with Gasteiger partial charge in [0.2, 0.25) is 0 Å². The highest BCUT2D eigenvalue weighted by molar-refractivity contribution is 7.19. The average molecular weight is 290 g/mol. The molecule has 3 heteroatoms. The van der Waals surface area contributed by atoms with Crippen molar-refractivity contribution in [3.05, 3.63) is 64.2 Å². The maximum atomic E-state index is 9.46. The summed E-state index contributed by atoms with van der Waals surface area (Å²) in [6.45, 7) is 4.13. The molecule has 0 bridgehead atoms. The third kappa shape index (κ3) is 2.72. The van der Waals surface area contributed by atoms with E-state index < -0.39 is 0 Å². The molecule has 102 valence electrons. The van der Waals surface area contributed by atoms with E-state index in [-0.39, 0.29) is 0 Å². The lowest BCUT2D eigenvalue weighted by Gasteiger charge is -2.02. The van der Waals surface area contributed by atoms with Gasteiger partial charge in [0.05, 0.1) is 15.8 Å². The first kappa shape index (κ1) is 13.5. The summed E-state index contributed by atoms with van der Waals surface area (Å²) < 4.78 is 1.11. The fourth-order valence-corrected chi connectivity index (χ4v) is 3.20. The zero-order valence-electron chi connectivity index (χ0n) is 11.9. The van der Waals surface area contributed by atoms with Crippen LogP contribution in [-0.2, 0) is 0 Å². The summed E-state index contributed by atoms with van der Waals surface area (Å²) in [4.78, 5) is 4.56. The molecule has 0 N–H and O–H groups in total. The molecule has 0 atom stereocenters. The quantitative estimate of drug-likeness (QED) is 0.624. The minimum atomic E-state index is 0.614. The number of aryl methyl sites for hydroxylation is 2. The predicted molar refractivity (Wildman–Crippen MR) is 89.0 cm³/mol. The third-order valence-corrected chi connectivity index (χ3v) is 4.44. The molecule has 1 heterocycles. The Bertz CT molecular complexity index is 849. The lowest BCUT2D eigenvalue weighted by atomic mass is 10.0. The zero-order chi connectivity index (χ0) is 14.8. The minimum absolute atomic E-state index is 0.614. The van der Waals surface area contributed by atoms with Crippen molar-refractivity contribution < 1.29 is 0 Å². The first-order valence-corrected chi connectivity index (χ1v) is 7.54. The Morgan fingerprint density at radius 3 is 2.71 bits per heavy atom. The van der Waals surface area contributed by atoms with E-state index in [4.69, 9.17) is 0 Å². The van der Waals surface area contributed by atoms with Crippen LogP contribution in [0.2, 0.25) is 0 Å². The highest BCUT2D eigenvalue weighted by Gasteiger charge is 2.09. The predicted octanol–water partition coefficient (Wildman–Crippen LogP) is 4.98. The summed E-state index contributed by atoms with van der Waals surface area (Å²) in [7, 11) is 0. The molecule has 0 saturated carbocycles. The summed E-state index contributed by atoms with van der Waals surface area (Å²) in [6, 6.07) is 16.5. The Morgan fingerprint density at radius 1 is 1.19 bits per heavy atom. The number of thiazole rings is 1. The second kappa shape index (κ2) is 5.51. The Morgan fingerprint density at radius 2 is 2.00 bits per heavy atom. The monoisotopic (exact) mass is 290 g/mol. The van der Waals surface area contributed by atoms with Crippen LogP contribution in [0.4, 0.5) is 0 Å². The van der Waals surface area contributed by atoms with Gasteiger partial charge in [-0.2, -0.15) is 5.26 Å². The van der Waals surface area contributed by atoms with Crippen molar-refractivity contribution in [3.63, 3.8) is 0 Å². The normalized spacial score (nSPS) is 11.6. The Balaban J connectivity index is 2.09. The van der Waals surface area contributed by atoms with Crippen molar-refractivity contribution in [3.8, 4) is 6.07 Å². The Hall–Kier alpha value is -2.44. The van der Waals surface area contributed by atoms with Gasteiger partial charge in [-0.05, 0) is 43.2 Å². The Kier molecular flexibility index (Phi) is 3.55. The van der Waals surface area contributed by atoms with E-state index in [2.05, 4.69) is 43.1 Å². The molecule has 0 saturated heterocycles. The van der Waals surface area contributed by atoms with Gasteiger partial charge in [-0.15, -0.1) is 11.3 Å². The van der Waals surface area contributed by atoms with Crippen LogP contribution in [-0.4, -0.2) is 4.98 Å². The summed E-state index contributed by atoms with van der Waals surface area (Å²) in [5, 5.41) is 10.2. The molecule has 2 aromatic carbocycles. The number of fused-ring (bicyclic) bond motifs is 1. The van der Waals surface area contributed by atoms with Gasteiger partial charge in [-0.25, -0.2) is 4.98 Å². The van der Waals surface area contributed by atoms with E-state index in [1.165, 1.54) is 11.1 Å². The largest absolute Gasteiger partial charge is 0.235 e. The molecule has 21 heavy (non-hydrogen) atoms. The highest BCUT2D eigenvalue weighted by Crippen LogP contribution is 2.28. The van der Waals surface area contributed by atoms with E-state index >= 15 is 0 Å². The number of hydrogen-bond acceptors (Lipinski definition) is 3. The standard InChI is InChI=1S/C18H14N2S/c1-12-7-8-14(13(2)9-12)10-15(11-19)18-20-16-5-3-4-6-17(16)21-18/h3-10H,1-2H3/b15-10+. The van der Waals surface area contributed by atoms with E-state index in [9.17, 15) is 5.26 Å². The van der Waals surface area contributed by atoms with Gasteiger partial charge in [-0.3, -0.25) is 0 Å². The van der Waals surface area contributed by atoms with Crippen LogP contribution in [0.5, 0.6) is 0 Å². The van der Waals surface area contributed by atoms with Gasteiger partial charge < -0.3 is 0 Å². The lowest BCUT2D eigenvalue weighted by Crippen LogP contribution is -1.85. The molecule has 0 aliphatic heterocycles. The molecule has 2 nitrogen and oxygen atoms in total. The van der Waals surface area contributed by atoms with Gasteiger partial charge in [0.1, 0.15) is 11.1 Å². The number of para-hydroxylation sites is 1. The van der Waals surface area contributed by atoms with Gasteiger partial charge in [-0.1, -0.05) is 35.9 Å². The molecule has 3 rings (SSSR count). The number of nitriles is 1. The molecule has 0 radical (unpaired) electrons. The number of benzene rings is 2. The summed E-state index contributed by atoms with van der Waals surface area (Å²) >= 11 is 1.56. The SMILES string of the molecule is Cc1ccc(/C=C(\C#N)c2nc3ccccc3s2)c(C)c1. The molecular weight excluding hydrogens is 276 g/mol. The number of nitrogens with zero attached hydrogens (tertiary/aromatic N) is 2. The molecule has 0 aliphatic rings. The molecule has 0 fully saturated rings. The van der Waals surface area contributed by atoms with Crippen LogP contribution < -0.4 is 0 Å². The van der Waals surface area contributed by atoms with Crippen LogP contribution in [0.25, 0.3) is 21.9 Å². The smallest absolute Gasteiger partial charge is 0.135 e. The van der Waals surface area contributed by atoms with Crippen molar-refractivity contribution in [2.75, 3.05) is 0 Å². The Labute approximate surface area is 128 Å². The highest BCUT2D eigenvalue weighted by atomic mass is 32.1. The lowest BCUT2D eigenvalue weighted by molar-refractivity contribution is 1.37. The van der Waals surface area contributed by atoms with Crippen molar-refractivity contribution in [1.82, 2.24) is 4.98 Å². The number of rotatable bonds is 2. The van der Waals surface area contributed by atoms with Crippen LogP contribution in [0, 0.1) is 25.2 Å². The van der Waals surface area contributed by atoms with Crippen molar-refractivity contribution >= 4 is 33.2 Å². The van der Waals surface area contributed by atoms with Crippen LogP contribution >= 0.6 is 11.3 Å². The fraction of sp³-hybridized carbons (Fsp3) is 0.111. The molecule has 0 unspecified atom stereocenters. The molecule has 0 spiro atoms. The summed E-state index contributed by atoms with van der Waals surface area (Å²) in [6.07, 6.45) is 1.92. The fourth-order valence-electron chi connectivity index (χ4n) is 2.27. The number of hydrogen-bond donors (Lipinski definition) is 0. The summed E-state index contributed by atoms with van der Waals surface area (Å²) in [5.74, 6) is 0. The van der Waals surface area contributed by atoms with E-state index in [0.717, 1.165) is 20.8 Å². The number of allylic oxidation sites excluding steroid dienone is 1. The van der Waals surface area contributed by atoms with Crippen LogP contribution in [0.1, 0.15) is 21.7 Å². The van der Waals surface area contributed by atoms with Gasteiger partial charge >= 0.3 is 0 Å². The van der Waals surface area contributed by atoms with E-state index in [0.29, 0.717) is 5.57 Å². The molecular formula is C18H14N2S. The van der Waals surface area contributed by atoms with Gasteiger partial charge in [0, 0.05) is 0 Å². The van der Waals surface area contributed by atoms with Crippen LogP contribution in [0.3, 0.4) is 0 Å². The third-order valence-electron chi connectivity index (χ3n) is 3.37. The maximum absolute atomic E-state index is 9.46. The van der Waals surface area contributed by atoms with Crippen molar-refractivity contribution in [2.24, 2.45) is 0 Å². The maximum Gasteiger partial charge on any atom is 0.135 e. The second-order valence-corrected chi connectivity index (χ2v) is 6.05. The van der Waals surface area contributed by atoms with Crippen molar-refractivity contribution in [1.29, 1.82) is 5.26 Å². The first-order chi connectivity index (χ1) is 10.2. The average Bonchev–Trinajstić information content (AvgIpc) is 2.90. The number of aromatic nitrogens is 1. The molecule has 0 aliphatic carbocycles. The second-order valence-electron chi connectivity index (χ2n) is 5.02.